The number of aryl methyl sites for hydroxylation is 1. The van der Waals surface area contributed by atoms with Crippen LogP contribution in [0.2, 0.25) is 0 Å². The molecular formula is C16H29NO. The lowest BCUT2D eigenvalue weighted by Crippen LogP contribution is -2.15. The first-order valence-corrected chi connectivity index (χ1v) is 7.50. The van der Waals surface area contributed by atoms with Crippen molar-refractivity contribution in [3.05, 3.63) is 23.7 Å². The summed E-state index contributed by atoms with van der Waals surface area (Å²) < 4.78 is 5.38. The van der Waals surface area contributed by atoms with Gasteiger partial charge in [0, 0.05) is 11.6 Å². The van der Waals surface area contributed by atoms with E-state index in [1.807, 2.05) is 20.2 Å². The van der Waals surface area contributed by atoms with Crippen molar-refractivity contribution in [3.63, 3.8) is 0 Å². The average molecular weight is 251 g/mol. The molecule has 0 aliphatic heterocycles. The summed E-state index contributed by atoms with van der Waals surface area (Å²) in [6, 6.07) is 2.60. The van der Waals surface area contributed by atoms with E-state index in [9.17, 15) is 0 Å². The number of hydrogen-bond donors (Lipinski definition) is 1. The van der Waals surface area contributed by atoms with Gasteiger partial charge < -0.3 is 9.73 Å². The Morgan fingerprint density at radius 2 is 1.78 bits per heavy atom. The Morgan fingerprint density at radius 3 is 2.33 bits per heavy atom. The molecule has 0 radical (unpaired) electrons. The zero-order chi connectivity index (χ0) is 13.2. The van der Waals surface area contributed by atoms with Crippen LogP contribution in [0.1, 0.15) is 75.7 Å². The molecule has 0 saturated carbocycles. The van der Waals surface area contributed by atoms with Crippen LogP contribution in [0.25, 0.3) is 0 Å². The molecule has 1 N–H and O–H groups in total. The van der Waals surface area contributed by atoms with Crippen molar-refractivity contribution < 1.29 is 4.42 Å². The molecule has 2 nitrogen and oxygen atoms in total. The minimum absolute atomic E-state index is 0.457. The Kier molecular flexibility index (Phi) is 7.83. The summed E-state index contributed by atoms with van der Waals surface area (Å²) in [6.45, 7) is 4.27. The van der Waals surface area contributed by atoms with Crippen LogP contribution in [0.4, 0.5) is 0 Å². The van der Waals surface area contributed by atoms with Gasteiger partial charge in [0.1, 0.15) is 5.76 Å². The summed E-state index contributed by atoms with van der Waals surface area (Å²) >= 11 is 0. The van der Waals surface area contributed by atoms with Gasteiger partial charge in [-0.05, 0) is 26.5 Å². The Balaban J connectivity index is 2.13. The number of hydrogen-bond acceptors (Lipinski definition) is 2. The van der Waals surface area contributed by atoms with E-state index in [1.54, 1.807) is 0 Å². The van der Waals surface area contributed by atoms with Crippen LogP contribution < -0.4 is 5.32 Å². The van der Waals surface area contributed by atoms with E-state index >= 15 is 0 Å². The van der Waals surface area contributed by atoms with E-state index in [4.69, 9.17) is 4.42 Å². The highest BCUT2D eigenvalue weighted by Gasteiger charge is 2.10. The van der Waals surface area contributed by atoms with Gasteiger partial charge in [-0.1, -0.05) is 51.9 Å². The average Bonchev–Trinajstić information content (AvgIpc) is 2.79. The van der Waals surface area contributed by atoms with E-state index < -0.39 is 0 Å². The van der Waals surface area contributed by atoms with Crippen LogP contribution in [-0.2, 0) is 0 Å². The topological polar surface area (TPSA) is 25.2 Å². The monoisotopic (exact) mass is 251 g/mol. The molecule has 1 heterocycles. The van der Waals surface area contributed by atoms with E-state index in [-0.39, 0.29) is 0 Å². The highest BCUT2D eigenvalue weighted by molar-refractivity contribution is 5.16. The van der Waals surface area contributed by atoms with Crippen molar-refractivity contribution in [1.82, 2.24) is 5.32 Å². The molecular weight excluding hydrogens is 222 g/mol. The molecule has 0 aliphatic carbocycles. The molecule has 0 aromatic carbocycles. The van der Waals surface area contributed by atoms with Crippen molar-refractivity contribution >= 4 is 0 Å². The predicted octanol–water partition coefficient (Wildman–Crippen LogP) is 4.99. The molecule has 1 unspecified atom stereocenters. The third-order valence-corrected chi connectivity index (χ3v) is 3.60. The zero-order valence-corrected chi connectivity index (χ0v) is 12.3. The van der Waals surface area contributed by atoms with Crippen molar-refractivity contribution in [3.8, 4) is 0 Å². The van der Waals surface area contributed by atoms with Gasteiger partial charge in [-0.25, -0.2) is 0 Å². The maximum Gasteiger partial charge on any atom is 0.101 e. The largest absolute Gasteiger partial charge is 0.469 e. The number of unbranched alkanes of at least 4 members (excludes halogenated alkanes) is 6. The quantitative estimate of drug-likeness (QED) is 0.593. The van der Waals surface area contributed by atoms with E-state index in [1.165, 1.54) is 56.9 Å². The van der Waals surface area contributed by atoms with Crippen LogP contribution in [0.15, 0.2) is 16.7 Å². The van der Waals surface area contributed by atoms with Gasteiger partial charge in [0.15, 0.2) is 0 Å². The van der Waals surface area contributed by atoms with Gasteiger partial charge in [0.05, 0.1) is 6.26 Å². The van der Waals surface area contributed by atoms with Gasteiger partial charge in [0.25, 0.3) is 0 Å². The molecule has 1 aromatic heterocycles. The normalized spacial score (nSPS) is 12.8. The summed E-state index contributed by atoms with van der Waals surface area (Å²) in [5.74, 6) is 1.00. The lowest BCUT2D eigenvalue weighted by Gasteiger charge is -2.13. The van der Waals surface area contributed by atoms with Crippen molar-refractivity contribution in [1.29, 1.82) is 0 Å². The van der Waals surface area contributed by atoms with Crippen LogP contribution in [0.3, 0.4) is 0 Å². The maximum absolute atomic E-state index is 5.38. The summed E-state index contributed by atoms with van der Waals surface area (Å²) in [7, 11) is 2.04. The molecule has 0 bridgehead atoms. The Labute approximate surface area is 112 Å². The van der Waals surface area contributed by atoms with E-state index in [0.29, 0.717) is 6.04 Å². The second kappa shape index (κ2) is 9.21. The summed E-state index contributed by atoms with van der Waals surface area (Å²) in [6.07, 6.45) is 12.7. The molecule has 2 heteroatoms. The van der Waals surface area contributed by atoms with Crippen molar-refractivity contribution in [2.24, 2.45) is 0 Å². The highest BCUT2D eigenvalue weighted by atomic mass is 16.3. The van der Waals surface area contributed by atoms with E-state index in [0.717, 1.165) is 5.76 Å². The third-order valence-electron chi connectivity index (χ3n) is 3.60. The Morgan fingerprint density at radius 1 is 1.11 bits per heavy atom. The van der Waals surface area contributed by atoms with E-state index in [2.05, 4.69) is 18.3 Å². The molecule has 1 rings (SSSR count). The van der Waals surface area contributed by atoms with Gasteiger partial charge in [-0.15, -0.1) is 0 Å². The Hall–Kier alpha value is -0.760. The van der Waals surface area contributed by atoms with Gasteiger partial charge in [-0.3, -0.25) is 0 Å². The molecule has 0 saturated heterocycles. The number of furan rings is 1. The molecule has 1 aromatic rings. The second-order valence-corrected chi connectivity index (χ2v) is 5.24. The van der Waals surface area contributed by atoms with Gasteiger partial charge in [0.2, 0.25) is 0 Å². The van der Waals surface area contributed by atoms with Gasteiger partial charge >= 0.3 is 0 Å². The smallest absolute Gasteiger partial charge is 0.101 e. The zero-order valence-electron chi connectivity index (χ0n) is 12.3. The minimum atomic E-state index is 0.457. The SMILES string of the molecule is CCCCCCCCCC(NC)c1coc(C)c1. The molecule has 18 heavy (non-hydrogen) atoms. The fraction of sp³-hybridized carbons (Fsp3) is 0.750. The van der Waals surface area contributed by atoms with Crippen LogP contribution in [0.5, 0.6) is 0 Å². The molecule has 104 valence electrons. The first-order valence-electron chi connectivity index (χ1n) is 7.50. The first-order chi connectivity index (χ1) is 8.77. The second-order valence-electron chi connectivity index (χ2n) is 5.24. The van der Waals surface area contributed by atoms with Crippen LogP contribution in [-0.4, -0.2) is 7.05 Å². The molecule has 1 atom stereocenters. The lowest BCUT2D eigenvalue weighted by molar-refractivity contribution is 0.484. The van der Waals surface area contributed by atoms with Crippen LogP contribution >= 0.6 is 0 Å². The molecule has 0 spiro atoms. The fourth-order valence-corrected chi connectivity index (χ4v) is 2.43. The van der Waals surface area contributed by atoms with Crippen LogP contribution in [0, 0.1) is 6.92 Å². The standard InChI is InChI=1S/C16H29NO/c1-4-5-6-7-8-9-10-11-16(17-3)15-12-14(2)18-13-15/h12-13,16-17H,4-11H2,1-3H3. The van der Waals surface area contributed by atoms with Crippen molar-refractivity contribution in [2.45, 2.75) is 71.3 Å². The predicted molar refractivity (Wildman–Crippen MR) is 77.9 cm³/mol. The van der Waals surface area contributed by atoms with Crippen molar-refractivity contribution in [2.75, 3.05) is 7.05 Å². The molecule has 0 aliphatic rings. The highest BCUT2D eigenvalue weighted by Crippen LogP contribution is 2.22. The summed E-state index contributed by atoms with van der Waals surface area (Å²) in [4.78, 5) is 0. The third kappa shape index (κ3) is 5.72. The summed E-state index contributed by atoms with van der Waals surface area (Å²) in [5.41, 5.74) is 1.29. The minimum Gasteiger partial charge on any atom is -0.469 e. The lowest BCUT2D eigenvalue weighted by atomic mass is 10.0. The number of rotatable bonds is 10. The molecule has 0 fully saturated rings. The first kappa shape index (κ1) is 15.3. The fourth-order valence-electron chi connectivity index (χ4n) is 2.43. The van der Waals surface area contributed by atoms with Gasteiger partial charge in [-0.2, -0.15) is 0 Å². The molecule has 0 amide bonds. The number of nitrogens with one attached hydrogen (secondary N) is 1. The maximum atomic E-state index is 5.38. The Bertz CT molecular complexity index is 306. The summed E-state index contributed by atoms with van der Waals surface area (Å²) in [5, 5.41) is 3.38.